The number of hydrogen-bond acceptors (Lipinski definition) is 6. The van der Waals surface area contributed by atoms with Crippen LogP contribution in [0.25, 0.3) is 34.6 Å². The van der Waals surface area contributed by atoms with Gasteiger partial charge in [-0.3, -0.25) is 9.59 Å². The van der Waals surface area contributed by atoms with Gasteiger partial charge in [-0.2, -0.15) is 0 Å². The molecule has 0 aliphatic carbocycles. The van der Waals surface area contributed by atoms with E-state index in [1.54, 1.807) is 6.08 Å². The summed E-state index contributed by atoms with van der Waals surface area (Å²) in [5, 5.41) is 14.3. The molecule has 0 bridgehead atoms. The molecule has 0 radical (unpaired) electrons. The summed E-state index contributed by atoms with van der Waals surface area (Å²) in [5.41, 5.74) is 6.34. The molecule has 9 nitrogen and oxygen atoms in total. The highest BCUT2D eigenvalue weighted by Crippen LogP contribution is 2.37. The Morgan fingerprint density at radius 3 is 2.46 bits per heavy atom. The first-order valence-electron chi connectivity index (χ1n) is 13.2. The number of aromatic amines is 1. The summed E-state index contributed by atoms with van der Waals surface area (Å²) in [4.78, 5) is 31.5. The molecule has 0 atom stereocenters. The van der Waals surface area contributed by atoms with Crippen LogP contribution in [0.1, 0.15) is 46.7 Å². The van der Waals surface area contributed by atoms with Crippen molar-refractivity contribution < 1.29 is 14.0 Å². The van der Waals surface area contributed by atoms with Crippen molar-refractivity contribution >= 4 is 29.2 Å². The lowest BCUT2D eigenvalue weighted by molar-refractivity contribution is -0.110. The van der Waals surface area contributed by atoms with Crippen LogP contribution in [0.4, 0.5) is 5.69 Å². The van der Waals surface area contributed by atoms with E-state index >= 15 is 0 Å². The number of likely N-dealkylation sites (N-methyl/N-ethyl adjacent to an activating group) is 1. The van der Waals surface area contributed by atoms with Gasteiger partial charge in [0.1, 0.15) is 0 Å². The van der Waals surface area contributed by atoms with Crippen LogP contribution in [0.15, 0.2) is 52.9 Å². The third-order valence-corrected chi connectivity index (χ3v) is 7.10. The molecule has 200 valence electrons. The first-order valence-corrected chi connectivity index (χ1v) is 13.2. The molecule has 0 fully saturated rings. The Morgan fingerprint density at radius 1 is 1.03 bits per heavy atom. The molecule has 4 aromatic rings. The van der Waals surface area contributed by atoms with Crippen molar-refractivity contribution in [1.82, 2.24) is 25.4 Å². The van der Waals surface area contributed by atoms with Crippen LogP contribution in [0, 0.1) is 13.8 Å². The van der Waals surface area contributed by atoms with Gasteiger partial charge in [-0.05, 0) is 68.9 Å². The number of amides is 2. The van der Waals surface area contributed by atoms with Crippen molar-refractivity contribution in [2.45, 2.75) is 27.7 Å². The highest BCUT2D eigenvalue weighted by atomic mass is 16.4. The largest absolute Gasteiger partial charge is 0.416 e. The maximum atomic E-state index is 13.0. The van der Waals surface area contributed by atoms with E-state index in [4.69, 9.17) is 4.42 Å². The fraction of sp³-hybridized carbons (Fsp3) is 0.267. The molecule has 2 aromatic heterocycles. The number of carbonyl (C=O) groups excluding carboxylic acids is 2. The molecule has 0 saturated carbocycles. The molecule has 2 aromatic carbocycles. The summed E-state index contributed by atoms with van der Waals surface area (Å²) in [6, 6.07) is 15.1. The van der Waals surface area contributed by atoms with Crippen LogP contribution in [0.3, 0.4) is 0 Å². The van der Waals surface area contributed by atoms with Gasteiger partial charge in [0, 0.05) is 46.9 Å². The maximum absolute atomic E-state index is 13.0. The van der Waals surface area contributed by atoms with E-state index in [1.165, 1.54) is 0 Å². The minimum Gasteiger partial charge on any atom is -0.416 e. The minimum absolute atomic E-state index is 0.123. The predicted molar refractivity (Wildman–Crippen MR) is 152 cm³/mol. The molecule has 5 rings (SSSR count). The van der Waals surface area contributed by atoms with E-state index in [-0.39, 0.29) is 11.8 Å². The van der Waals surface area contributed by atoms with E-state index in [0.29, 0.717) is 46.4 Å². The van der Waals surface area contributed by atoms with Crippen LogP contribution in [0.5, 0.6) is 0 Å². The van der Waals surface area contributed by atoms with Crippen LogP contribution < -0.4 is 10.6 Å². The zero-order valence-electron chi connectivity index (χ0n) is 22.6. The van der Waals surface area contributed by atoms with Crippen LogP contribution in [-0.2, 0) is 4.79 Å². The lowest BCUT2D eigenvalue weighted by Gasteiger charge is -2.18. The summed E-state index contributed by atoms with van der Waals surface area (Å²) in [5.74, 6) is 0.458. The Morgan fingerprint density at radius 2 is 1.74 bits per heavy atom. The van der Waals surface area contributed by atoms with Gasteiger partial charge in [-0.25, -0.2) is 0 Å². The van der Waals surface area contributed by atoms with Crippen LogP contribution >= 0.6 is 0 Å². The molecule has 1 aliphatic rings. The van der Waals surface area contributed by atoms with Crippen molar-refractivity contribution in [3.05, 3.63) is 76.6 Å². The van der Waals surface area contributed by atoms with E-state index in [2.05, 4.69) is 44.6 Å². The maximum Gasteiger partial charge on any atom is 0.256 e. The smallest absolute Gasteiger partial charge is 0.256 e. The Kier molecular flexibility index (Phi) is 7.42. The van der Waals surface area contributed by atoms with Gasteiger partial charge >= 0.3 is 0 Å². The number of H-pyrrole nitrogens is 1. The highest BCUT2D eigenvalue weighted by Gasteiger charge is 2.27. The van der Waals surface area contributed by atoms with Gasteiger partial charge in [0.15, 0.2) is 0 Å². The van der Waals surface area contributed by atoms with Gasteiger partial charge < -0.3 is 24.9 Å². The van der Waals surface area contributed by atoms with Crippen molar-refractivity contribution in [2.75, 3.05) is 31.5 Å². The number of anilines is 1. The number of benzene rings is 2. The fourth-order valence-electron chi connectivity index (χ4n) is 4.86. The van der Waals surface area contributed by atoms with Gasteiger partial charge in [0.05, 0.1) is 11.1 Å². The van der Waals surface area contributed by atoms with E-state index in [0.717, 1.165) is 42.0 Å². The number of hydrogen-bond donors (Lipinski definition) is 3. The first-order chi connectivity index (χ1) is 18.9. The SMILES string of the molecule is CCN(CC)CCNC(=O)c1c(C)[nH]c(/C=C2\C(=O)Nc3ccc(-c4nnc(-c5ccccc5)o4)cc32)c1C. The number of nitrogens with zero attached hydrogens (tertiary/aromatic N) is 3. The van der Waals surface area contributed by atoms with Crippen LogP contribution in [0.2, 0.25) is 0 Å². The zero-order valence-corrected chi connectivity index (χ0v) is 22.6. The topological polar surface area (TPSA) is 116 Å². The van der Waals surface area contributed by atoms with Crippen molar-refractivity contribution in [3.63, 3.8) is 0 Å². The van der Waals surface area contributed by atoms with Crippen molar-refractivity contribution in [1.29, 1.82) is 0 Å². The lowest BCUT2D eigenvalue weighted by Crippen LogP contribution is -2.35. The number of carbonyl (C=O) groups is 2. The Hall–Kier alpha value is -4.50. The summed E-state index contributed by atoms with van der Waals surface area (Å²) >= 11 is 0. The van der Waals surface area contributed by atoms with Crippen molar-refractivity contribution in [3.8, 4) is 22.9 Å². The number of fused-ring (bicyclic) bond motifs is 1. The van der Waals surface area contributed by atoms with Gasteiger partial charge in [0.2, 0.25) is 11.8 Å². The molecule has 39 heavy (non-hydrogen) atoms. The summed E-state index contributed by atoms with van der Waals surface area (Å²) in [6.07, 6.45) is 1.79. The number of aromatic nitrogens is 3. The third-order valence-electron chi connectivity index (χ3n) is 7.10. The second kappa shape index (κ2) is 11.1. The Bertz CT molecular complexity index is 1550. The molecule has 2 amide bonds. The third kappa shape index (κ3) is 5.26. The van der Waals surface area contributed by atoms with E-state index < -0.39 is 0 Å². The number of aryl methyl sites for hydroxylation is 1. The number of nitrogens with one attached hydrogen (secondary N) is 3. The molecule has 9 heteroatoms. The molecular formula is C30H32N6O3. The Balaban J connectivity index is 1.41. The number of rotatable bonds is 9. The lowest BCUT2D eigenvalue weighted by atomic mass is 10.0. The fourth-order valence-corrected chi connectivity index (χ4v) is 4.86. The highest BCUT2D eigenvalue weighted by molar-refractivity contribution is 6.35. The van der Waals surface area contributed by atoms with E-state index in [1.807, 2.05) is 62.4 Å². The summed E-state index contributed by atoms with van der Waals surface area (Å²) in [7, 11) is 0. The van der Waals surface area contributed by atoms with E-state index in [9.17, 15) is 9.59 Å². The molecule has 0 saturated heterocycles. The second-order valence-electron chi connectivity index (χ2n) is 9.50. The van der Waals surface area contributed by atoms with Gasteiger partial charge in [0.25, 0.3) is 11.8 Å². The predicted octanol–water partition coefficient (Wildman–Crippen LogP) is 4.91. The van der Waals surface area contributed by atoms with Crippen molar-refractivity contribution in [2.24, 2.45) is 0 Å². The molecule has 3 heterocycles. The normalized spacial score (nSPS) is 13.7. The monoisotopic (exact) mass is 524 g/mol. The van der Waals surface area contributed by atoms with Gasteiger partial charge in [-0.1, -0.05) is 32.0 Å². The molecule has 3 N–H and O–H groups in total. The molecule has 0 spiro atoms. The van der Waals surface area contributed by atoms with Gasteiger partial charge in [-0.15, -0.1) is 10.2 Å². The van der Waals surface area contributed by atoms with Crippen LogP contribution in [-0.4, -0.2) is 58.1 Å². The molecule has 1 aliphatic heterocycles. The first kappa shape index (κ1) is 26.1. The second-order valence-corrected chi connectivity index (χ2v) is 9.50. The zero-order chi connectivity index (χ0) is 27.5. The minimum atomic E-state index is -0.213. The Labute approximate surface area is 227 Å². The quantitative estimate of drug-likeness (QED) is 0.268. The standard InChI is InChI=1S/C30H32N6O3/c1-5-36(6-2)15-14-31-28(38)26-18(3)25(32-19(26)4)17-23-22-16-21(12-13-24(22)33-27(23)37)30-35-34-29(39-30)20-10-8-7-9-11-20/h7-13,16-17,32H,5-6,14-15H2,1-4H3,(H,31,38)(H,33,37)/b23-17-. The summed E-state index contributed by atoms with van der Waals surface area (Å²) in [6.45, 7) is 11.2. The average molecular weight is 525 g/mol. The molecular weight excluding hydrogens is 492 g/mol. The molecule has 0 unspecified atom stereocenters. The average Bonchev–Trinajstić information content (AvgIpc) is 3.63. The summed E-state index contributed by atoms with van der Waals surface area (Å²) < 4.78 is 5.92.